The van der Waals surface area contributed by atoms with Gasteiger partial charge in [-0.1, -0.05) is 25.6 Å². The van der Waals surface area contributed by atoms with Gasteiger partial charge in [0.2, 0.25) is 6.79 Å². The average Bonchev–Trinajstić information content (AvgIpc) is 3.50. The summed E-state index contributed by atoms with van der Waals surface area (Å²) in [5, 5.41) is 8.99. The van der Waals surface area contributed by atoms with E-state index in [4.69, 9.17) is 24.6 Å². The summed E-state index contributed by atoms with van der Waals surface area (Å²) in [4.78, 5) is 28.1. The van der Waals surface area contributed by atoms with Crippen LogP contribution < -0.4 is 15.0 Å². The maximum atomic E-state index is 12.8. The summed E-state index contributed by atoms with van der Waals surface area (Å²) < 4.78 is 19.6. The van der Waals surface area contributed by atoms with Crippen LogP contribution in [0.1, 0.15) is 53.9 Å². The van der Waals surface area contributed by atoms with E-state index in [9.17, 15) is 4.79 Å². The number of likely N-dealkylation sites (tertiary alicyclic amines) is 1. The van der Waals surface area contributed by atoms with E-state index >= 15 is 0 Å². The number of aromatic amines is 1. The molecule has 3 aromatic rings. The number of imidazole rings is 1. The van der Waals surface area contributed by atoms with Gasteiger partial charge in [-0.05, 0) is 79.9 Å². The lowest BCUT2D eigenvalue weighted by Gasteiger charge is -2.42. The van der Waals surface area contributed by atoms with Crippen LogP contribution in [0.25, 0.3) is 11.2 Å². The predicted molar refractivity (Wildman–Crippen MR) is 151 cm³/mol. The van der Waals surface area contributed by atoms with E-state index < -0.39 is 5.60 Å². The van der Waals surface area contributed by atoms with Crippen LogP contribution in [-0.2, 0) is 11.3 Å². The molecule has 2 aromatic heterocycles. The largest absolute Gasteiger partial charge is 0.454 e. The smallest absolute Gasteiger partial charge is 0.410 e. The molecule has 0 spiro atoms. The minimum absolute atomic E-state index is 0.144. The molecular weight excluding hydrogens is 584 g/mol. The molecule has 0 bridgehead atoms. The molecule has 39 heavy (non-hydrogen) atoms. The third kappa shape index (κ3) is 6.21. The highest BCUT2D eigenvalue weighted by molar-refractivity contribution is 9.10. The van der Waals surface area contributed by atoms with Gasteiger partial charge in [0, 0.05) is 28.5 Å². The zero-order chi connectivity index (χ0) is 27.9. The van der Waals surface area contributed by atoms with Crippen molar-refractivity contribution < 1.29 is 19.0 Å². The molecule has 1 saturated heterocycles. The number of halogens is 1. The number of fused-ring (bicyclic) bond motifs is 2. The van der Waals surface area contributed by atoms with Crippen LogP contribution >= 0.6 is 27.7 Å². The number of piperidine rings is 1. The highest BCUT2D eigenvalue weighted by atomic mass is 79.9. The van der Waals surface area contributed by atoms with E-state index in [1.165, 1.54) is 11.8 Å². The van der Waals surface area contributed by atoms with Gasteiger partial charge in [0.1, 0.15) is 11.1 Å². The SMILES string of the molecule is CC(C)C1CC(CCn2cnc(=N)c3[nH]c(Sc4cc5c(cc4Br)OCO5)nc32)CCN1C(=O)OC(C)(C)C. The molecule has 10 nitrogen and oxygen atoms in total. The van der Waals surface area contributed by atoms with Crippen molar-refractivity contribution in [3.05, 3.63) is 28.4 Å². The topological polar surface area (TPSA) is 118 Å². The lowest BCUT2D eigenvalue weighted by molar-refractivity contribution is -0.00331. The Bertz CT molecular complexity index is 1430. The molecule has 12 heteroatoms. The van der Waals surface area contributed by atoms with Crippen LogP contribution in [0.2, 0.25) is 0 Å². The van der Waals surface area contributed by atoms with Crippen molar-refractivity contribution in [2.75, 3.05) is 13.3 Å². The number of hydrogen-bond acceptors (Lipinski definition) is 8. The summed E-state index contributed by atoms with van der Waals surface area (Å²) in [5.41, 5.74) is 0.974. The van der Waals surface area contributed by atoms with Crippen LogP contribution in [0.5, 0.6) is 11.5 Å². The first-order valence-electron chi connectivity index (χ1n) is 13.2. The van der Waals surface area contributed by atoms with Crippen molar-refractivity contribution in [2.24, 2.45) is 11.8 Å². The van der Waals surface area contributed by atoms with Crippen molar-refractivity contribution >= 4 is 44.9 Å². The fraction of sp³-hybridized carbons (Fsp3) is 0.556. The van der Waals surface area contributed by atoms with Gasteiger partial charge >= 0.3 is 6.09 Å². The van der Waals surface area contributed by atoms with Crippen LogP contribution in [-0.4, -0.2) is 55.5 Å². The number of aromatic nitrogens is 4. The Morgan fingerprint density at radius 2 is 2.05 bits per heavy atom. The van der Waals surface area contributed by atoms with Crippen molar-refractivity contribution in [2.45, 2.75) is 82.1 Å². The van der Waals surface area contributed by atoms with E-state index in [0.29, 0.717) is 46.2 Å². The average molecular weight is 620 g/mol. The number of hydrogen-bond donors (Lipinski definition) is 2. The number of rotatable bonds is 6. The van der Waals surface area contributed by atoms with E-state index in [2.05, 4.69) is 39.7 Å². The fourth-order valence-corrected chi connectivity index (χ4v) is 6.47. The molecule has 2 aliphatic rings. The summed E-state index contributed by atoms with van der Waals surface area (Å²) in [6, 6.07) is 3.96. The standard InChI is InChI=1S/C27H35BrN6O4S/c1-15(2)18-10-16(7-9-34(18)26(35)38-27(3,4)5)6-8-33-13-30-23(29)22-24(33)32-25(31-22)39-21-12-20-19(11-17(21)28)36-14-37-20/h11-13,15-16,18,29H,6-10,14H2,1-5H3,(H,31,32). The first kappa shape index (κ1) is 27.8. The monoisotopic (exact) mass is 618 g/mol. The minimum Gasteiger partial charge on any atom is -0.454 e. The lowest BCUT2D eigenvalue weighted by atomic mass is 9.84. The van der Waals surface area contributed by atoms with Crippen LogP contribution in [0.15, 0.2) is 33.0 Å². The fourth-order valence-electron chi connectivity index (χ4n) is 5.09. The number of carbonyl (C=O) groups is 1. The summed E-state index contributed by atoms with van der Waals surface area (Å²) in [6.45, 7) is 11.7. The quantitative estimate of drug-likeness (QED) is 0.351. The number of nitrogens with one attached hydrogen (secondary N) is 2. The number of H-pyrrole nitrogens is 1. The Kier molecular flexibility index (Phi) is 7.87. The molecule has 4 heterocycles. The summed E-state index contributed by atoms with van der Waals surface area (Å²) in [7, 11) is 0. The van der Waals surface area contributed by atoms with Crippen molar-refractivity contribution in [3.8, 4) is 11.5 Å². The second-order valence-electron chi connectivity index (χ2n) is 11.4. The molecule has 5 rings (SSSR count). The molecule has 0 aliphatic carbocycles. The van der Waals surface area contributed by atoms with Gasteiger partial charge in [-0.2, -0.15) is 0 Å². The maximum Gasteiger partial charge on any atom is 0.410 e. The molecule has 2 aliphatic heterocycles. The van der Waals surface area contributed by atoms with Gasteiger partial charge in [0.05, 0.1) is 6.33 Å². The van der Waals surface area contributed by atoms with Gasteiger partial charge < -0.3 is 28.7 Å². The number of benzene rings is 1. The molecule has 2 unspecified atom stereocenters. The van der Waals surface area contributed by atoms with Crippen LogP contribution in [0.3, 0.4) is 0 Å². The number of nitrogens with zero attached hydrogens (tertiary/aromatic N) is 4. The van der Waals surface area contributed by atoms with Gasteiger partial charge in [-0.25, -0.2) is 14.8 Å². The van der Waals surface area contributed by atoms with Crippen LogP contribution in [0, 0.1) is 17.2 Å². The van der Waals surface area contributed by atoms with Gasteiger partial charge in [0.15, 0.2) is 27.8 Å². The van der Waals surface area contributed by atoms with E-state index in [0.717, 1.165) is 35.2 Å². The second kappa shape index (κ2) is 11.0. The zero-order valence-corrected chi connectivity index (χ0v) is 25.3. The zero-order valence-electron chi connectivity index (χ0n) is 22.9. The Morgan fingerprint density at radius 1 is 1.31 bits per heavy atom. The molecule has 1 aromatic carbocycles. The van der Waals surface area contributed by atoms with Gasteiger partial charge in [0.25, 0.3) is 0 Å². The Hall–Kier alpha value is -2.73. The Balaban J connectivity index is 1.29. The molecule has 2 N–H and O–H groups in total. The normalized spacial score (nSPS) is 19.2. The summed E-state index contributed by atoms with van der Waals surface area (Å²) in [6.07, 6.45) is 4.28. The van der Waals surface area contributed by atoms with Crippen molar-refractivity contribution in [3.63, 3.8) is 0 Å². The molecule has 2 atom stereocenters. The highest BCUT2D eigenvalue weighted by Gasteiger charge is 2.35. The molecular formula is C27H35BrN6O4S. The molecule has 0 saturated carbocycles. The Labute approximate surface area is 240 Å². The first-order chi connectivity index (χ1) is 18.5. The van der Waals surface area contributed by atoms with Crippen LogP contribution in [0.4, 0.5) is 4.79 Å². The second-order valence-corrected chi connectivity index (χ2v) is 13.3. The van der Waals surface area contributed by atoms with E-state index in [1.807, 2.05) is 42.4 Å². The number of amides is 1. The lowest BCUT2D eigenvalue weighted by Crippen LogP contribution is -2.50. The molecule has 0 radical (unpaired) electrons. The first-order valence-corrected chi connectivity index (χ1v) is 14.9. The summed E-state index contributed by atoms with van der Waals surface area (Å²) in [5.74, 6) is 2.21. The molecule has 210 valence electrons. The number of ether oxygens (including phenoxy) is 3. The maximum absolute atomic E-state index is 12.8. The number of carbonyl (C=O) groups excluding carboxylic acids is 1. The van der Waals surface area contributed by atoms with Gasteiger partial charge in [-0.3, -0.25) is 5.41 Å². The summed E-state index contributed by atoms with van der Waals surface area (Å²) >= 11 is 5.06. The predicted octanol–water partition coefficient (Wildman–Crippen LogP) is 5.94. The van der Waals surface area contributed by atoms with Crippen molar-refractivity contribution in [1.82, 2.24) is 24.4 Å². The van der Waals surface area contributed by atoms with Gasteiger partial charge in [-0.15, -0.1) is 0 Å². The minimum atomic E-state index is -0.506. The molecule has 1 amide bonds. The number of aryl methyl sites for hydroxylation is 1. The third-order valence-corrected chi connectivity index (χ3v) is 8.92. The third-order valence-electron chi connectivity index (χ3n) is 7.06. The van der Waals surface area contributed by atoms with Crippen molar-refractivity contribution in [1.29, 1.82) is 5.41 Å². The molecule has 1 fully saturated rings. The highest BCUT2D eigenvalue weighted by Crippen LogP contribution is 2.42. The van der Waals surface area contributed by atoms with E-state index in [-0.39, 0.29) is 24.4 Å². The Morgan fingerprint density at radius 3 is 2.77 bits per heavy atom. The van der Waals surface area contributed by atoms with E-state index in [1.54, 1.807) is 6.33 Å².